The maximum Gasteiger partial charge on any atom is 0.305 e. The summed E-state index contributed by atoms with van der Waals surface area (Å²) in [5.41, 5.74) is 5.56. The number of rotatable bonds is 4. The molecular weight excluding hydrogens is 240 g/mol. The van der Waals surface area contributed by atoms with Gasteiger partial charge in [-0.15, -0.1) is 0 Å². The summed E-state index contributed by atoms with van der Waals surface area (Å²) < 4.78 is 24.8. The molecule has 0 amide bonds. The number of carboxylic acid groups (broad SMARTS) is 1. The van der Waals surface area contributed by atoms with E-state index in [0.717, 1.165) is 6.07 Å². The molecule has 0 heterocycles. The van der Waals surface area contributed by atoms with Crippen LogP contribution in [0.2, 0.25) is 5.02 Å². The fourth-order valence-electron chi connectivity index (χ4n) is 1.28. The topological polar surface area (TPSA) is 63.3 Å². The lowest BCUT2D eigenvalue weighted by atomic mass is 10.0. The monoisotopic (exact) mass is 249 g/mol. The van der Waals surface area contributed by atoms with Crippen molar-refractivity contribution < 1.29 is 18.7 Å². The quantitative estimate of drug-likeness (QED) is 0.862. The van der Waals surface area contributed by atoms with Crippen LogP contribution in [0.1, 0.15) is 30.0 Å². The molecule has 3 nitrogen and oxygen atoms in total. The lowest BCUT2D eigenvalue weighted by Gasteiger charge is -2.13. The lowest BCUT2D eigenvalue weighted by molar-refractivity contribution is -0.137. The molecule has 0 fully saturated rings. The minimum absolute atomic E-state index is 0.193. The van der Waals surface area contributed by atoms with E-state index in [1.54, 1.807) is 0 Å². The van der Waals surface area contributed by atoms with Gasteiger partial charge in [-0.1, -0.05) is 17.7 Å². The summed E-state index contributed by atoms with van der Waals surface area (Å²) in [5, 5.41) is 8.74. The number of alkyl halides is 2. The van der Waals surface area contributed by atoms with E-state index in [1.807, 2.05) is 0 Å². The molecule has 1 aromatic rings. The van der Waals surface area contributed by atoms with Crippen LogP contribution in [0.4, 0.5) is 8.78 Å². The number of hydrogen-bond acceptors (Lipinski definition) is 2. The average molecular weight is 250 g/mol. The largest absolute Gasteiger partial charge is 0.481 e. The minimum Gasteiger partial charge on any atom is -0.481 e. The van der Waals surface area contributed by atoms with E-state index in [1.165, 1.54) is 12.1 Å². The predicted octanol–water partition coefficient (Wildman–Crippen LogP) is 2.75. The molecule has 0 saturated heterocycles. The maximum atomic E-state index is 12.4. The smallest absolute Gasteiger partial charge is 0.305 e. The van der Waals surface area contributed by atoms with Gasteiger partial charge in [0.1, 0.15) is 0 Å². The normalized spacial score (nSPS) is 12.8. The predicted molar refractivity (Wildman–Crippen MR) is 55.6 cm³/mol. The first kappa shape index (κ1) is 12.9. The lowest BCUT2D eigenvalue weighted by Crippen LogP contribution is -2.15. The van der Waals surface area contributed by atoms with Gasteiger partial charge in [-0.05, 0) is 17.7 Å². The van der Waals surface area contributed by atoms with Crippen LogP contribution in [0.15, 0.2) is 18.2 Å². The Hall–Kier alpha value is -1.20. The van der Waals surface area contributed by atoms with Crippen LogP contribution in [0.5, 0.6) is 0 Å². The molecule has 0 aliphatic carbocycles. The van der Waals surface area contributed by atoms with E-state index >= 15 is 0 Å². The second-order valence-electron chi connectivity index (χ2n) is 3.29. The summed E-state index contributed by atoms with van der Waals surface area (Å²) in [6.45, 7) is 0. The number of carbonyl (C=O) groups is 1. The highest BCUT2D eigenvalue weighted by Crippen LogP contribution is 2.28. The Bertz CT molecular complexity index is 398. The number of carboxylic acids is 1. The molecule has 0 spiro atoms. The van der Waals surface area contributed by atoms with Crippen molar-refractivity contribution in [1.82, 2.24) is 0 Å². The van der Waals surface area contributed by atoms with Gasteiger partial charge in [-0.2, -0.15) is 0 Å². The molecule has 0 radical (unpaired) electrons. The summed E-state index contributed by atoms with van der Waals surface area (Å²) in [6.07, 6.45) is -2.99. The first-order chi connectivity index (χ1) is 7.41. The van der Waals surface area contributed by atoms with E-state index in [-0.39, 0.29) is 22.6 Å². The molecule has 3 N–H and O–H groups in total. The van der Waals surface area contributed by atoms with Crippen LogP contribution < -0.4 is 5.73 Å². The summed E-state index contributed by atoms with van der Waals surface area (Å²) in [5.74, 6) is -1.11. The van der Waals surface area contributed by atoms with Crippen LogP contribution in [-0.4, -0.2) is 11.1 Å². The molecule has 0 aliphatic rings. The zero-order chi connectivity index (χ0) is 12.3. The maximum absolute atomic E-state index is 12.4. The van der Waals surface area contributed by atoms with E-state index < -0.39 is 18.4 Å². The van der Waals surface area contributed by atoms with Gasteiger partial charge in [0.15, 0.2) is 0 Å². The molecular formula is C10H10ClF2NO2. The highest BCUT2D eigenvalue weighted by molar-refractivity contribution is 6.31. The van der Waals surface area contributed by atoms with Gasteiger partial charge < -0.3 is 10.8 Å². The summed E-state index contributed by atoms with van der Waals surface area (Å²) in [7, 11) is 0. The highest BCUT2D eigenvalue weighted by Gasteiger charge is 2.16. The number of halogens is 3. The van der Waals surface area contributed by atoms with Gasteiger partial charge >= 0.3 is 5.97 Å². The SMILES string of the molecule is NC(CC(=O)O)c1cc(C(F)F)ccc1Cl. The number of benzene rings is 1. The Kier molecular flexibility index (Phi) is 4.20. The Morgan fingerprint density at radius 3 is 2.62 bits per heavy atom. The summed E-state index contributed by atoms with van der Waals surface area (Å²) >= 11 is 5.76. The van der Waals surface area contributed by atoms with Gasteiger partial charge in [0.25, 0.3) is 6.43 Å². The van der Waals surface area contributed by atoms with Crippen LogP contribution in [-0.2, 0) is 4.79 Å². The van der Waals surface area contributed by atoms with Crippen molar-refractivity contribution in [2.45, 2.75) is 18.9 Å². The number of aliphatic carboxylic acids is 1. The first-order valence-electron chi connectivity index (χ1n) is 4.46. The molecule has 1 atom stereocenters. The molecule has 1 unspecified atom stereocenters. The van der Waals surface area contributed by atoms with Crippen molar-refractivity contribution in [3.8, 4) is 0 Å². The molecule has 0 saturated carbocycles. The van der Waals surface area contributed by atoms with Crippen molar-refractivity contribution in [1.29, 1.82) is 0 Å². The third-order valence-corrected chi connectivity index (χ3v) is 2.41. The Labute approximate surface area is 95.8 Å². The molecule has 1 aromatic carbocycles. The Morgan fingerprint density at radius 1 is 1.50 bits per heavy atom. The minimum atomic E-state index is -2.63. The van der Waals surface area contributed by atoms with Crippen LogP contribution >= 0.6 is 11.6 Å². The van der Waals surface area contributed by atoms with Crippen LogP contribution in [0.25, 0.3) is 0 Å². The zero-order valence-corrected chi connectivity index (χ0v) is 8.92. The molecule has 0 bridgehead atoms. The molecule has 16 heavy (non-hydrogen) atoms. The van der Waals surface area contributed by atoms with Gasteiger partial charge in [0, 0.05) is 16.6 Å². The summed E-state index contributed by atoms with van der Waals surface area (Å²) in [4.78, 5) is 10.4. The van der Waals surface area contributed by atoms with Gasteiger partial charge in [-0.25, -0.2) is 8.78 Å². The summed E-state index contributed by atoms with van der Waals surface area (Å²) in [6, 6.07) is 2.73. The zero-order valence-electron chi connectivity index (χ0n) is 8.16. The average Bonchev–Trinajstić information content (AvgIpc) is 2.16. The van der Waals surface area contributed by atoms with Crippen molar-refractivity contribution in [3.05, 3.63) is 34.3 Å². The third kappa shape index (κ3) is 3.15. The number of hydrogen-bond donors (Lipinski definition) is 2. The fraction of sp³-hybridized carbons (Fsp3) is 0.300. The van der Waals surface area contributed by atoms with Crippen molar-refractivity contribution in [2.24, 2.45) is 5.73 Å². The van der Waals surface area contributed by atoms with E-state index in [2.05, 4.69) is 0 Å². The van der Waals surface area contributed by atoms with Gasteiger partial charge in [0.2, 0.25) is 0 Å². The van der Waals surface area contributed by atoms with Crippen molar-refractivity contribution in [2.75, 3.05) is 0 Å². The Balaban J connectivity index is 3.01. The van der Waals surface area contributed by atoms with Gasteiger partial charge in [-0.3, -0.25) is 4.79 Å². The third-order valence-electron chi connectivity index (χ3n) is 2.07. The van der Waals surface area contributed by atoms with Gasteiger partial charge in [0.05, 0.1) is 6.42 Å². The first-order valence-corrected chi connectivity index (χ1v) is 4.84. The Morgan fingerprint density at radius 2 is 2.12 bits per heavy atom. The highest BCUT2D eigenvalue weighted by atomic mass is 35.5. The van der Waals surface area contributed by atoms with E-state index in [4.69, 9.17) is 22.4 Å². The second-order valence-corrected chi connectivity index (χ2v) is 3.69. The molecule has 6 heteroatoms. The van der Waals surface area contributed by atoms with Crippen LogP contribution in [0, 0.1) is 0 Å². The molecule has 0 aromatic heterocycles. The van der Waals surface area contributed by atoms with E-state index in [9.17, 15) is 13.6 Å². The fourth-order valence-corrected chi connectivity index (χ4v) is 1.54. The van der Waals surface area contributed by atoms with Crippen molar-refractivity contribution in [3.63, 3.8) is 0 Å². The van der Waals surface area contributed by atoms with E-state index in [0.29, 0.717) is 0 Å². The van der Waals surface area contributed by atoms with Crippen molar-refractivity contribution >= 4 is 17.6 Å². The molecule has 1 rings (SSSR count). The second kappa shape index (κ2) is 5.23. The van der Waals surface area contributed by atoms with Crippen LogP contribution in [0.3, 0.4) is 0 Å². The standard InChI is InChI=1S/C10H10ClF2NO2/c11-7-2-1-5(10(12)13)3-6(7)8(14)4-9(15)16/h1-3,8,10H,4,14H2,(H,15,16). The number of nitrogens with two attached hydrogens (primary N) is 1. The molecule has 88 valence electrons. The molecule has 0 aliphatic heterocycles.